The SMILES string of the molecule is CC(CN1CCCCC1)NC(=O)C(C)N1CCN(c2ccc(F)cc2)CC1. The predicted octanol–water partition coefficient (Wildman–Crippen LogP) is 2.33. The fourth-order valence-corrected chi connectivity index (χ4v) is 4.12. The van der Waals surface area contributed by atoms with E-state index in [4.69, 9.17) is 0 Å². The largest absolute Gasteiger partial charge is 0.369 e. The van der Waals surface area contributed by atoms with Gasteiger partial charge in [-0.05, 0) is 64.0 Å². The van der Waals surface area contributed by atoms with Crippen LogP contribution in [0.5, 0.6) is 0 Å². The fourth-order valence-electron chi connectivity index (χ4n) is 4.12. The number of hydrogen-bond acceptors (Lipinski definition) is 4. The van der Waals surface area contributed by atoms with Crippen LogP contribution in [0, 0.1) is 5.82 Å². The quantitative estimate of drug-likeness (QED) is 0.827. The molecule has 1 N–H and O–H groups in total. The minimum atomic E-state index is -0.207. The molecule has 1 aromatic rings. The summed E-state index contributed by atoms with van der Waals surface area (Å²) in [6, 6.07) is 6.71. The van der Waals surface area contributed by atoms with Gasteiger partial charge in [0.1, 0.15) is 5.82 Å². The molecule has 0 radical (unpaired) electrons. The highest BCUT2D eigenvalue weighted by atomic mass is 19.1. The number of rotatable bonds is 6. The molecule has 2 unspecified atom stereocenters. The van der Waals surface area contributed by atoms with Gasteiger partial charge in [0.15, 0.2) is 0 Å². The molecule has 1 amide bonds. The highest BCUT2D eigenvalue weighted by molar-refractivity contribution is 5.81. The average Bonchev–Trinajstić information content (AvgIpc) is 2.69. The Hall–Kier alpha value is -1.66. The predicted molar refractivity (Wildman–Crippen MR) is 108 cm³/mol. The lowest BCUT2D eigenvalue weighted by Crippen LogP contribution is -2.55. The van der Waals surface area contributed by atoms with E-state index in [1.54, 1.807) is 0 Å². The van der Waals surface area contributed by atoms with Gasteiger partial charge >= 0.3 is 0 Å². The van der Waals surface area contributed by atoms with Crippen LogP contribution in [0.4, 0.5) is 10.1 Å². The lowest BCUT2D eigenvalue weighted by atomic mass is 10.1. The second kappa shape index (κ2) is 9.51. The fraction of sp³-hybridized carbons (Fsp3) is 0.667. The number of halogens is 1. The summed E-state index contributed by atoms with van der Waals surface area (Å²) < 4.78 is 13.1. The third-order valence-electron chi connectivity index (χ3n) is 5.80. The van der Waals surface area contributed by atoms with Gasteiger partial charge in [-0.2, -0.15) is 0 Å². The number of nitrogens with zero attached hydrogens (tertiary/aromatic N) is 3. The standard InChI is InChI=1S/C21H33FN4O/c1-17(16-24-10-4-3-5-11-24)23-21(27)18(2)25-12-14-26(15-13-25)20-8-6-19(22)7-9-20/h6-9,17-18H,3-5,10-16H2,1-2H3,(H,23,27). The number of carbonyl (C=O) groups is 1. The summed E-state index contributed by atoms with van der Waals surface area (Å²) in [5.41, 5.74) is 1.04. The zero-order chi connectivity index (χ0) is 19.2. The lowest BCUT2D eigenvalue weighted by molar-refractivity contribution is -0.126. The minimum Gasteiger partial charge on any atom is -0.369 e. The Labute approximate surface area is 162 Å². The summed E-state index contributed by atoms with van der Waals surface area (Å²) in [5, 5.41) is 3.20. The van der Waals surface area contributed by atoms with Gasteiger partial charge in [0.25, 0.3) is 0 Å². The Bertz CT molecular complexity index is 595. The average molecular weight is 377 g/mol. The van der Waals surface area contributed by atoms with E-state index in [1.165, 1.54) is 31.4 Å². The van der Waals surface area contributed by atoms with Crippen LogP contribution in [0.3, 0.4) is 0 Å². The van der Waals surface area contributed by atoms with E-state index in [0.29, 0.717) is 0 Å². The van der Waals surface area contributed by atoms with Crippen LogP contribution >= 0.6 is 0 Å². The third-order valence-corrected chi connectivity index (χ3v) is 5.80. The first-order valence-electron chi connectivity index (χ1n) is 10.3. The van der Waals surface area contributed by atoms with Crippen molar-refractivity contribution < 1.29 is 9.18 Å². The van der Waals surface area contributed by atoms with E-state index in [0.717, 1.165) is 51.5 Å². The molecule has 2 saturated heterocycles. The monoisotopic (exact) mass is 376 g/mol. The van der Waals surface area contributed by atoms with E-state index >= 15 is 0 Å². The van der Waals surface area contributed by atoms with Crippen LogP contribution in [0.25, 0.3) is 0 Å². The van der Waals surface area contributed by atoms with Crippen LogP contribution < -0.4 is 10.2 Å². The number of nitrogens with one attached hydrogen (secondary N) is 1. The maximum atomic E-state index is 13.1. The molecule has 6 heteroatoms. The molecule has 2 aliphatic rings. The zero-order valence-electron chi connectivity index (χ0n) is 16.7. The van der Waals surface area contributed by atoms with Crippen LogP contribution in [-0.2, 0) is 4.79 Å². The Morgan fingerprint density at radius 2 is 1.63 bits per heavy atom. The summed E-state index contributed by atoms with van der Waals surface area (Å²) in [6.45, 7) is 10.7. The molecule has 2 aliphatic heterocycles. The maximum Gasteiger partial charge on any atom is 0.237 e. The number of piperidine rings is 1. The van der Waals surface area contributed by atoms with Crippen molar-refractivity contribution in [3.63, 3.8) is 0 Å². The van der Waals surface area contributed by atoms with E-state index in [9.17, 15) is 9.18 Å². The van der Waals surface area contributed by atoms with Gasteiger partial charge in [-0.3, -0.25) is 9.69 Å². The van der Waals surface area contributed by atoms with Gasteiger partial charge in [0, 0.05) is 44.5 Å². The number of benzene rings is 1. The van der Waals surface area contributed by atoms with Gasteiger partial charge < -0.3 is 15.1 Å². The van der Waals surface area contributed by atoms with E-state index in [2.05, 4.69) is 26.9 Å². The molecule has 2 atom stereocenters. The molecule has 0 spiro atoms. The highest BCUT2D eigenvalue weighted by Crippen LogP contribution is 2.18. The van der Waals surface area contributed by atoms with Crippen molar-refractivity contribution >= 4 is 11.6 Å². The summed E-state index contributed by atoms with van der Waals surface area (Å²) in [7, 11) is 0. The molecule has 0 aliphatic carbocycles. The van der Waals surface area contributed by atoms with Crippen LogP contribution in [0.2, 0.25) is 0 Å². The molecule has 5 nitrogen and oxygen atoms in total. The van der Waals surface area contributed by atoms with Crippen molar-refractivity contribution in [2.75, 3.05) is 50.7 Å². The normalized spacial score (nSPS) is 21.7. The number of likely N-dealkylation sites (tertiary alicyclic amines) is 1. The summed E-state index contributed by atoms with van der Waals surface area (Å²) in [5.74, 6) is -0.0870. The second-order valence-electron chi connectivity index (χ2n) is 7.95. The number of carbonyl (C=O) groups excluding carboxylic acids is 1. The molecule has 1 aromatic carbocycles. The lowest BCUT2D eigenvalue weighted by Gasteiger charge is -2.39. The van der Waals surface area contributed by atoms with Crippen molar-refractivity contribution in [2.45, 2.75) is 45.2 Å². The number of amides is 1. The number of hydrogen-bond donors (Lipinski definition) is 1. The maximum absolute atomic E-state index is 13.1. The molecule has 150 valence electrons. The van der Waals surface area contributed by atoms with E-state index in [1.807, 2.05) is 19.1 Å². The van der Waals surface area contributed by atoms with Gasteiger partial charge in [0.05, 0.1) is 6.04 Å². The van der Waals surface area contributed by atoms with Crippen LogP contribution in [0.1, 0.15) is 33.1 Å². The van der Waals surface area contributed by atoms with Gasteiger partial charge in [-0.25, -0.2) is 4.39 Å². The Morgan fingerprint density at radius 3 is 2.26 bits per heavy atom. The Morgan fingerprint density at radius 1 is 1.00 bits per heavy atom. The van der Waals surface area contributed by atoms with Crippen molar-refractivity contribution in [1.82, 2.24) is 15.1 Å². The minimum absolute atomic E-state index is 0.120. The molecular formula is C21H33FN4O. The van der Waals surface area contributed by atoms with E-state index < -0.39 is 0 Å². The van der Waals surface area contributed by atoms with Crippen molar-refractivity contribution in [2.24, 2.45) is 0 Å². The molecule has 2 fully saturated rings. The second-order valence-corrected chi connectivity index (χ2v) is 7.95. The molecule has 2 heterocycles. The summed E-state index contributed by atoms with van der Waals surface area (Å²) >= 11 is 0. The van der Waals surface area contributed by atoms with Crippen LogP contribution in [-0.4, -0.2) is 73.6 Å². The molecule has 0 saturated carbocycles. The summed E-state index contributed by atoms with van der Waals surface area (Å²) in [6.07, 6.45) is 3.88. The first-order chi connectivity index (χ1) is 13.0. The first kappa shape index (κ1) is 20.1. The van der Waals surface area contributed by atoms with Crippen molar-refractivity contribution in [1.29, 1.82) is 0 Å². The molecule has 3 rings (SSSR count). The number of piperazine rings is 1. The van der Waals surface area contributed by atoms with Gasteiger partial charge in [-0.1, -0.05) is 6.42 Å². The summed E-state index contributed by atoms with van der Waals surface area (Å²) in [4.78, 5) is 19.6. The molecule has 0 bridgehead atoms. The molecule has 0 aromatic heterocycles. The zero-order valence-corrected chi connectivity index (χ0v) is 16.7. The molecular weight excluding hydrogens is 343 g/mol. The number of anilines is 1. The topological polar surface area (TPSA) is 38.8 Å². The highest BCUT2D eigenvalue weighted by Gasteiger charge is 2.26. The first-order valence-corrected chi connectivity index (χ1v) is 10.3. The Balaban J connectivity index is 1.43. The van der Waals surface area contributed by atoms with Crippen molar-refractivity contribution in [3.05, 3.63) is 30.1 Å². The van der Waals surface area contributed by atoms with Gasteiger partial charge in [0.2, 0.25) is 5.91 Å². The van der Waals surface area contributed by atoms with Crippen molar-refractivity contribution in [3.8, 4) is 0 Å². The van der Waals surface area contributed by atoms with Gasteiger partial charge in [-0.15, -0.1) is 0 Å². The molecule has 27 heavy (non-hydrogen) atoms. The third kappa shape index (κ3) is 5.66. The van der Waals surface area contributed by atoms with E-state index in [-0.39, 0.29) is 23.8 Å². The smallest absolute Gasteiger partial charge is 0.237 e. The van der Waals surface area contributed by atoms with Crippen LogP contribution in [0.15, 0.2) is 24.3 Å². The Kier molecular flexibility index (Phi) is 7.07.